The highest BCUT2D eigenvalue weighted by Crippen LogP contribution is 2.43. The van der Waals surface area contributed by atoms with Gasteiger partial charge in [0.2, 0.25) is 0 Å². The minimum absolute atomic E-state index is 0.0390. The molecule has 0 aliphatic carbocycles. The van der Waals surface area contributed by atoms with E-state index in [1.165, 1.54) is 32.6 Å². The number of para-hydroxylation sites is 1. The Morgan fingerprint density at radius 2 is 1.51 bits per heavy atom. The number of rotatable bonds is 7. The summed E-state index contributed by atoms with van der Waals surface area (Å²) in [6.45, 7) is 9.48. The lowest BCUT2D eigenvalue weighted by molar-refractivity contribution is -0.137. The molecule has 4 rings (SSSR count). The van der Waals surface area contributed by atoms with Crippen molar-refractivity contribution in [2.75, 3.05) is 52.4 Å². The maximum Gasteiger partial charge on any atom is 0.336 e. The third-order valence-electron chi connectivity index (χ3n) is 7.52. The topological polar surface area (TPSA) is 101 Å². The number of methoxy groups -OCH3 is 3. The van der Waals surface area contributed by atoms with E-state index in [0.29, 0.717) is 40.2 Å². The summed E-state index contributed by atoms with van der Waals surface area (Å²) in [5, 5.41) is 14.2. The molecular weight excluding hydrogens is 498 g/mol. The minimum atomic E-state index is -0.766. The predicted octanol–water partition coefficient (Wildman–Crippen LogP) is 3.61. The quantitative estimate of drug-likeness (QED) is 0.515. The van der Waals surface area contributed by atoms with Crippen LogP contribution in [0, 0.1) is 6.92 Å². The number of piperazine rings is 1. The maximum atomic E-state index is 12.9. The molecule has 2 N–H and O–H groups in total. The van der Waals surface area contributed by atoms with Crippen LogP contribution in [0.25, 0.3) is 0 Å². The molecule has 0 unspecified atom stereocenters. The SMILES string of the molecule is COC(=O)C1=C(C)NC(C)=C(C(=O)OC)C1c1cc(CN2CCN(c3ccccc3C)CC2)c(O)c(OC)c1. The van der Waals surface area contributed by atoms with Crippen LogP contribution < -0.4 is 15.0 Å². The molecule has 0 radical (unpaired) electrons. The van der Waals surface area contributed by atoms with Crippen molar-refractivity contribution in [3.8, 4) is 11.5 Å². The monoisotopic (exact) mass is 535 g/mol. The van der Waals surface area contributed by atoms with E-state index in [9.17, 15) is 14.7 Å². The van der Waals surface area contributed by atoms with Crippen LogP contribution in [0.5, 0.6) is 11.5 Å². The van der Waals surface area contributed by atoms with Crippen LogP contribution in [0.4, 0.5) is 5.69 Å². The van der Waals surface area contributed by atoms with E-state index in [0.717, 1.165) is 26.2 Å². The number of anilines is 1. The van der Waals surface area contributed by atoms with Crippen molar-refractivity contribution in [3.63, 3.8) is 0 Å². The number of hydrogen-bond acceptors (Lipinski definition) is 9. The molecule has 0 saturated carbocycles. The number of dihydropyridines is 1. The number of esters is 2. The molecular formula is C30H37N3O6. The third kappa shape index (κ3) is 5.59. The van der Waals surface area contributed by atoms with Gasteiger partial charge < -0.3 is 29.5 Å². The summed E-state index contributed by atoms with van der Waals surface area (Å²) in [4.78, 5) is 30.5. The Morgan fingerprint density at radius 1 is 0.923 bits per heavy atom. The van der Waals surface area contributed by atoms with Gasteiger partial charge in [0, 0.05) is 55.4 Å². The molecule has 39 heavy (non-hydrogen) atoms. The molecule has 2 aromatic rings. The largest absolute Gasteiger partial charge is 0.504 e. The number of nitrogens with one attached hydrogen (secondary N) is 1. The van der Waals surface area contributed by atoms with Crippen LogP contribution in [0.3, 0.4) is 0 Å². The smallest absolute Gasteiger partial charge is 0.336 e. The standard InChI is InChI=1S/C30H37N3O6/c1-18-9-7-8-10-23(18)33-13-11-32(12-14-33)17-22-15-21(16-24(37-4)28(22)34)27-25(29(35)38-5)19(2)31-20(3)26(27)30(36)39-6/h7-10,15-16,27,31,34H,11-14,17H2,1-6H3. The van der Waals surface area contributed by atoms with Gasteiger partial charge >= 0.3 is 11.9 Å². The van der Waals surface area contributed by atoms with E-state index >= 15 is 0 Å². The van der Waals surface area contributed by atoms with Crippen molar-refractivity contribution in [2.45, 2.75) is 33.2 Å². The Kier molecular flexibility index (Phi) is 8.50. The van der Waals surface area contributed by atoms with Crippen molar-refractivity contribution in [3.05, 3.63) is 75.6 Å². The van der Waals surface area contributed by atoms with Crippen LogP contribution in [-0.4, -0.2) is 69.5 Å². The minimum Gasteiger partial charge on any atom is -0.504 e. The van der Waals surface area contributed by atoms with Gasteiger partial charge in [-0.15, -0.1) is 0 Å². The molecule has 0 bridgehead atoms. The summed E-state index contributed by atoms with van der Waals surface area (Å²) in [6, 6.07) is 11.9. The molecule has 1 saturated heterocycles. The number of aryl methyl sites for hydroxylation is 1. The lowest BCUT2D eigenvalue weighted by Gasteiger charge is -2.37. The Bertz CT molecular complexity index is 1290. The third-order valence-corrected chi connectivity index (χ3v) is 7.52. The van der Waals surface area contributed by atoms with Crippen LogP contribution in [0.15, 0.2) is 58.9 Å². The van der Waals surface area contributed by atoms with Crippen LogP contribution in [0.1, 0.15) is 36.5 Å². The summed E-state index contributed by atoms with van der Waals surface area (Å²) in [7, 11) is 4.10. The number of aromatic hydroxyl groups is 1. The molecule has 208 valence electrons. The van der Waals surface area contributed by atoms with Crippen molar-refractivity contribution in [1.29, 1.82) is 0 Å². The van der Waals surface area contributed by atoms with E-state index in [1.54, 1.807) is 19.9 Å². The fourth-order valence-corrected chi connectivity index (χ4v) is 5.53. The number of allylic oxidation sites excluding steroid dienone is 2. The molecule has 0 spiro atoms. The number of nitrogens with zero attached hydrogens (tertiary/aromatic N) is 2. The van der Waals surface area contributed by atoms with E-state index in [2.05, 4.69) is 40.2 Å². The molecule has 2 aliphatic rings. The van der Waals surface area contributed by atoms with Gasteiger partial charge in [-0.1, -0.05) is 18.2 Å². The molecule has 2 aromatic carbocycles. The van der Waals surface area contributed by atoms with Crippen molar-refractivity contribution < 1.29 is 28.9 Å². The summed E-state index contributed by atoms with van der Waals surface area (Å²) < 4.78 is 15.7. The normalized spacial score (nSPS) is 16.7. The second kappa shape index (κ2) is 11.8. The molecule has 0 atom stereocenters. The fourth-order valence-electron chi connectivity index (χ4n) is 5.53. The highest BCUT2D eigenvalue weighted by Gasteiger charge is 2.38. The number of ether oxygens (including phenoxy) is 3. The van der Waals surface area contributed by atoms with E-state index in [4.69, 9.17) is 14.2 Å². The summed E-state index contributed by atoms with van der Waals surface area (Å²) in [6.07, 6.45) is 0. The lowest BCUT2D eigenvalue weighted by Crippen LogP contribution is -2.46. The highest BCUT2D eigenvalue weighted by atomic mass is 16.5. The van der Waals surface area contributed by atoms with Gasteiger partial charge in [-0.2, -0.15) is 0 Å². The fraction of sp³-hybridized carbons (Fsp3) is 0.400. The Labute approximate surface area is 229 Å². The molecule has 2 heterocycles. The zero-order valence-corrected chi connectivity index (χ0v) is 23.5. The van der Waals surface area contributed by atoms with Gasteiger partial charge in [-0.3, -0.25) is 4.90 Å². The maximum absolute atomic E-state index is 12.9. The van der Waals surface area contributed by atoms with Crippen molar-refractivity contribution in [1.82, 2.24) is 10.2 Å². The van der Waals surface area contributed by atoms with Crippen molar-refractivity contribution in [2.24, 2.45) is 0 Å². The molecule has 9 heteroatoms. The average molecular weight is 536 g/mol. The average Bonchev–Trinajstić information content (AvgIpc) is 2.93. The molecule has 0 aromatic heterocycles. The van der Waals surface area contributed by atoms with Crippen LogP contribution >= 0.6 is 0 Å². The summed E-state index contributed by atoms with van der Waals surface area (Å²) in [5.74, 6) is -1.57. The van der Waals surface area contributed by atoms with E-state index in [1.807, 2.05) is 12.1 Å². The van der Waals surface area contributed by atoms with Crippen LogP contribution in [0.2, 0.25) is 0 Å². The van der Waals surface area contributed by atoms with Crippen LogP contribution in [-0.2, 0) is 25.6 Å². The van der Waals surface area contributed by atoms with E-state index < -0.39 is 17.9 Å². The van der Waals surface area contributed by atoms with Crippen molar-refractivity contribution >= 4 is 17.6 Å². The van der Waals surface area contributed by atoms with Gasteiger partial charge in [-0.05, 0) is 50.1 Å². The first-order valence-electron chi connectivity index (χ1n) is 13.0. The Hall–Kier alpha value is -3.98. The summed E-state index contributed by atoms with van der Waals surface area (Å²) >= 11 is 0. The Morgan fingerprint density at radius 3 is 2.05 bits per heavy atom. The van der Waals surface area contributed by atoms with Gasteiger partial charge in [0.05, 0.1) is 38.4 Å². The molecule has 2 aliphatic heterocycles. The first-order valence-corrected chi connectivity index (χ1v) is 13.0. The number of carbonyl (C=O) groups is 2. The number of phenolic OH excluding ortho intramolecular Hbond substituents is 1. The first kappa shape index (κ1) is 28.0. The number of phenols is 1. The number of benzene rings is 2. The van der Waals surface area contributed by atoms with Gasteiger partial charge in [0.25, 0.3) is 0 Å². The number of carbonyl (C=O) groups excluding carboxylic acids is 2. The van der Waals surface area contributed by atoms with Gasteiger partial charge in [0.15, 0.2) is 11.5 Å². The Balaban J connectivity index is 1.68. The van der Waals surface area contributed by atoms with Gasteiger partial charge in [-0.25, -0.2) is 9.59 Å². The molecule has 0 amide bonds. The zero-order chi connectivity index (χ0) is 28.3. The predicted molar refractivity (Wildman–Crippen MR) is 149 cm³/mol. The molecule has 1 fully saturated rings. The first-order chi connectivity index (χ1) is 18.7. The number of hydrogen-bond donors (Lipinski definition) is 2. The zero-order valence-electron chi connectivity index (χ0n) is 23.5. The van der Waals surface area contributed by atoms with Gasteiger partial charge in [0.1, 0.15) is 0 Å². The lowest BCUT2D eigenvalue weighted by atomic mass is 9.79. The second-order valence-corrected chi connectivity index (χ2v) is 9.90. The summed E-state index contributed by atoms with van der Waals surface area (Å²) in [5.41, 5.74) is 5.52. The highest BCUT2D eigenvalue weighted by molar-refractivity contribution is 5.99. The molecule has 9 nitrogen and oxygen atoms in total. The van der Waals surface area contributed by atoms with E-state index in [-0.39, 0.29) is 11.5 Å². The second-order valence-electron chi connectivity index (χ2n) is 9.90.